The van der Waals surface area contributed by atoms with E-state index >= 15 is 0 Å². The standard InChI is InChI=1S/C18H27N3O2.ClH/c1-11(2)16(19)18(23)20-10-15(22)21-17(14-8-9-14)13-6-4-12(3)5-7-13;/h4-7,11,14,16-17H,8-10,19H2,1-3H3,(H,20,23)(H,21,22);1H/t16-,17?;/m0./s1. The highest BCUT2D eigenvalue weighted by Gasteiger charge is 2.33. The van der Waals surface area contributed by atoms with Crippen LogP contribution in [0, 0.1) is 18.8 Å². The van der Waals surface area contributed by atoms with Gasteiger partial charge in [-0.1, -0.05) is 43.7 Å². The van der Waals surface area contributed by atoms with Gasteiger partial charge in [-0.05, 0) is 37.2 Å². The fourth-order valence-corrected chi connectivity index (χ4v) is 2.49. The molecule has 1 saturated carbocycles. The van der Waals surface area contributed by atoms with E-state index in [1.165, 1.54) is 5.56 Å². The fraction of sp³-hybridized carbons (Fsp3) is 0.556. The average molecular weight is 354 g/mol. The van der Waals surface area contributed by atoms with Crippen molar-refractivity contribution in [2.45, 2.75) is 45.7 Å². The second-order valence-corrected chi connectivity index (χ2v) is 6.78. The molecule has 4 N–H and O–H groups in total. The van der Waals surface area contributed by atoms with Gasteiger partial charge in [0.05, 0.1) is 18.6 Å². The number of benzene rings is 1. The fourth-order valence-electron chi connectivity index (χ4n) is 2.49. The smallest absolute Gasteiger partial charge is 0.239 e. The van der Waals surface area contributed by atoms with Crippen LogP contribution in [0.5, 0.6) is 0 Å². The molecule has 2 atom stereocenters. The predicted octanol–water partition coefficient (Wildman–Crippen LogP) is 2.08. The Hall–Kier alpha value is -1.59. The van der Waals surface area contributed by atoms with E-state index in [0.29, 0.717) is 5.92 Å². The number of aryl methyl sites for hydroxylation is 1. The Kier molecular flexibility index (Phi) is 7.70. The van der Waals surface area contributed by atoms with Crippen LogP contribution >= 0.6 is 12.4 Å². The monoisotopic (exact) mass is 353 g/mol. The van der Waals surface area contributed by atoms with Gasteiger partial charge >= 0.3 is 0 Å². The topological polar surface area (TPSA) is 84.2 Å². The number of carbonyl (C=O) groups excluding carboxylic acids is 2. The average Bonchev–Trinajstić information content (AvgIpc) is 3.35. The third-order valence-electron chi connectivity index (χ3n) is 4.29. The first-order valence-corrected chi connectivity index (χ1v) is 8.27. The van der Waals surface area contributed by atoms with Crippen LogP contribution in [0.15, 0.2) is 24.3 Å². The van der Waals surface area contributed by atoms with Crippen LogP contribution in [0.25, 0.3) is 0 Å². The zero-order chi connectivity index (χ0) is 17.0. The molecule has 0 spiro atoms. The Labute approximate surface area is 150 Å². The number of halogens is 1. The van der Waals surface area contributed by atoms with Crippen molar-refractivity contribution in [3.8, 4) is 0 Å². The third-order valence-corrected chi connectivity index (χ3v) is 4.29. The molecule has 1 aromatic carbocycles. The Bertz CT molecular complexity index is 556. The molecule has 1 aliphatic carbocycles. The van der Waals surface area contributed by atoms with Crippen LogP contribution in [0.2, 0.25) is 0 Å². The second-order valence-electron chi connectivity index (χ2n) is 6.78. The van der Waals surface area contributed by atoms with Crippen LogP contribution in [0.4, 0.5) is 0 Å². The molecule has 0 saturated heterocycles. The Morgan fingerprint density at radius 2 is 1.79 bits per heavy atom. The molecule has 2 amide bonds. The molecule has 0 aliphatic heterocycles. The Morgan fingerprint density at radius 3 is 2.29 bits per heavy atom. The van der Waals surface area contributed by atoms with Crippen LogP contribution in [0.1, 0.15) is 43.9 Å². The SMILES string of the molecule is Cc1ccc(C(NC(=O)CNC(=O)[C@@H](N)C(C)C)C2CC2)cc1.Cl. The number of nitrogens with two attached hydrogens (primary N) is 1. The summed E-state index contributed by atoms with van der Waals surface area (Å²) in [6.45, 7) is 5.77. The van der Waals surface area contributed by atoms with Crippen LogP contribution in [-0.4, -0.2) is 24.4 Å². The van der Waals surface area contributed by atoms with Gasteiger partial charge in [-0.3, -0.25) is 9.59 Å². The summed E-state index contributed by atoms with van der Waals surface area (Å²) in [7, 11) is 0. The minimum Gasteiger partial charge on any atom is -0.347 e. The summed E-state index contributed by atoms with van der Waals surface area (Å²) in [5.41, 5.74) is 8.09. The van der Waals surface area contributed by atoms with Gasteiger partial charge in [0.2, 0.25) is 11.8 Å². The largest absolute Gasteiger partial charge is 0.347 e. The van der Waals surface area contributed by atoms with Gasteiger partial charge < -0.3 is 16.4 Å². The molecule has 6 heteroatoms. The molecule has 1 aromatic rings. The first-order valence-electron chi connectivity index (χ1n) is 8.27. The Balaban J connectivity index is 0.00000288. The summed E-state index contributed by atoms with van der Waals surface area (Å²) < 4.78 is 0. The van der Waals surface area contributed by atoms with Crippen molar-refractivity contribution in [3.05, 3.63) is 35.4 Å². The van der Waals surface area contributed by atoms with Gasteiger partial charge in [-0.15, -0.1) is 12.4 Å². The first-order chi connectivity index (χ1) is 10.9. The summed E-state index contributed by atoms with van der Waals surface area (Å²) in [6.07, 6.45) is 2.26. The molecule has 2 rings (SSSR count). The highest BCUT2D eigenvalue weighted by atomic mass is 35.5. The zero-order valence-electron chi connectivity index (χ0n) is 14.5. The number of carbonyl (C=O) groups is 2. The number of nitrogens with one attached hydrogen (secondary N) is 2. The highest BCUT2D eigenvalue weighted by molar-refractivity contribution is 5.87. The van der Waals surface area contributed by atoms with Crippen LogP contribution in [0.3, 0.4) is 0 Å². The molecule has 134 valence electrons. The van der Waals surface area contributed by atoms with Crippen molar-refractivity contribution in [3.63, 3.8) is 0 Å². The lowest BCUT2D eigenvalue weighted by Gasteiger charge is -2.20. The van der Waals surface area contributed by atoms with Crippen molar-refractivity contribution < 1.29 is 9.59 Å². The van der Waals surface area contributed by atoms with Crippen molar-refractivity contribution in [1.82, 2.24) is 10.6 Å². The molecule has 24 heavy (non-hydrogen) atoms. The quantitative estimate of drug-likeness (QED) is 0.701. The normalized spacial score (nSPS) is 16.0. The Morgan fingerprint density at radius 1 is 1.21 bits per heavy atom. The molecule has 0 bridgehead atoms. The predicted molar refractivity (Wildman–Crippen MR) is 97.9 cm³/mol. The van der Waals surface area contributed by atoms with Crippen LogP contribution < -0.4 is 16.4 Å². The van der Waals surface area contributed by atoms with Crippen molar-refractivity contribution in [2.24, 2.45) is 17.6 Å². The van der Waals surface area contributed by atoms with E-state index in [2.05, 4.69) is 34.9 Å². The van der Waals surface area contributed by atoms with Gasteiger partial charge in [0, 0.05) is 0 Å². The van der Waals surface area contributed by atoms with Gasteiger partial charge in [0.15, 0.2) is 0 Å². The maximum atomic E-state index is 12.2. The lowest BCUT2D eigenvalue weighted by molar-refractivity contribution is -0.127. The molecule has 1 aliphatic rings. The second kappa shape index (κ2) is 9.04. The summed E-state index contributed by atoms with van der Waals surface area (Å²) in [5, 5.41) is 5.66. The molecule has 1 fully saturated rings. The highest BCUT2D eigenvalue weighted by Crippen LogP contribution is 2.40. The van der Waals surface area contributed by atoms with E-state index in [1.807, 2.05) is 20.8 Å². The summed E-state index contributed by atoms with van der Waals surface area (Å²) in [5.74, 6) is 0.0837. The number of amides is 2. The number of hydrogen-bond donors (Lipinski definition) is 3. The molecule has 0 aromatic heterocycles. The minimum absolute atomic E-state index is 0. The van der Waals surface area contributed by atoms with Crippen molar-refractivity contribution in [2.75, 3.05) is 6.54 Å². The molecular weight excluding hydrogens is 326 g/mol. The molecular formula is C18H28ClN3O2. The zero-order valence-corrected chi connectivity index (χ0v) is 15.4. The lowest BCUT2D eigenvalue weighted by atomic mass is 10.0. The molecule has 0 heterocycles. The van der Waals surface area contributed by atoms with Crippen molar-refractivity contribution >= 4 is 24.2 Å². The van der Waals surface area contributed by atoms with Gasteiger partial charge in [0.1, 0.15) is 0 Å². The van der Waals surface area contributed by atoms with E-state index < -0.39 is 6.04 Å². The van der Waals surface area contributed by atoms with Crippen molar-refractivity contribution in [1.29, 1.82) is 0 Å². The van der Waals surface area contributed by atoms with Gasteiger partial charge in [0.25, 0.3) is 0 Å². The summed E-state index contributed by atoms with van der Waals surface area (Å²) in [4.78, 5) is 24.0. The lowest BCUT2D eigenvalue weighted by Crippen LogP contribution is -2.47. The number of hydrogen-bond acceptors (Lipinski definition) is 3. The molecule has 0 radical (unpaired) electrons. The summed E-state index contributed by atoms with van der Waals surface area (Å²) in [6, 6.07) is 7.68. The van der Waals surface area contributed by atoms with E-state index in [9.17, 15) is 9.59 Å². The minimum atomic E-state index is -0.584. The van der Waals surface area contributed by atoms with E-state index in [1.54, 1.807) is 0 Å². The van der Waals surface area contributed by atoms with Gasteiger partial charge in [-0.25, -0.2) is 0 Å². The molecule has 1 unspecified atom stereocenters. The van der Waals surface area contributed by atoms with Crippen LogP contribution in [-0.2, 0) is 9.59 Å². The van der Waals surface area contributed by atoms with E-state index in [0.717, 1.165) is 18.4 Å². The summed E-state index contributed by atoms with van der Waals surface area (Å²) >= 11 is 0. The number of rotatable bonds is 7. The van der Waals surface area contributed by atoms with E-state index in [4.69, 9.17) is 5.73 Å². The van der Waals surface area contributed by atoms with Gasteiger partial charge in [-0.2, -0.15) is 0 Å². The molecule has 5 nitrogen and oxygen atoms in total. The maximum absolute atomic E-state index is 12.2. The first kappa shape index (κ1) is 20.5. The van der Waals surface area contributed by atoms with E-state index in [-0.39, 0.29) is 42.7 Å². The maximum Gasteiger partial charge on any atom is 0.239 e. The third kappa shape index (κ3) is 5.80.